The highest BCUT2D eigenvalue weighted by atomic mass is 16.4. The molecule has 38 heavy (non-hydrogen) atoms. The molecule has 3 rings (SSSR count). The van der Waals surface area contributed by atoms with E-state index in [1.165, 1.54) is 27.7 Å². The van der Waals surface area contributed by atoms with Crippen molar-refractivity contribution in [3.63, 3.8) is 0 Å². The van der Waals surface area contributed by atoms with E-state index in [0.29, 0.717) is 24.0 Å². The molecule has 4 atom stereocenters. The largest absolute Gasteiger partial charge is 0.480 e. The summed E-state index contributed by atoms with van der Waals surface area (Å²) in [6, 6.07) is 17.7. The zero-order chi connectivity index (χ0) is 28.4. The minimum absolute atomic E-state index is 0.368. The summed E-state index contributed by atoms with van der Waals surface area (Å²) >= 11 is 0. The molecule has 0 bridgehead atoms. The highest BCUT2D eigenvalue weighted by Crippen LogP contribution is 2.63. The molecule has 0 spiro atoms. The highest BCUT2D eigenvalue weighted by Gasteiger charge is 2.70. The SMILES string of the molecule is CC(C)C(C(=O)O)(C(=O)O)C1C(c2ccccc2)CCC(c2ccccc2)C1C(C(=O)O)(C(=O)O)C(C)C. The molecule has 2 aromatic rings. The lowest BCUT2D eigenvalue weighted by molar-refractivity contribution is -0.196. The Morgan fingerprint density at radius 3 is 1.05 bits per heavy atom. The molecule has 1 aliphatic carbocycles. The molecule has 4 unspecified atom stereocenters. The molecule has 4 N–H and O–H groups in total. The van der Waals surface area contributed by atoms with Crippen LogP contribution in [0.4, 0.5) is 0 Å². The van der Waals surface area contributed by atoms with Crippen molar-refractivity contribution in [3.05, 3.63) is 71.8 Å². The van der Waals surface area contributed by atoms with Crippen molar-refractivity contribution in [2.45, 2.75) is 52.4 Å². The van der Waals surface area contributed by atoms with Gasteiger partial charge in [-0.05, 0) is 59.5 Å². The van der Waals surface area contributed by atoms with Crippen LogP contribution in [0.1, 0.15) is 63.5 Å². The molecule has 0 amide bonds. The van der Waals surface area contributed by atoms with Gasteiger partial charge in [-0.15, -0.1) is 0 Å². The second-order valence-electron chi connectivity index (χ2n) is 10.9. The van der Waals surface area contributed by atoms with E-state index in [1.807, 2.05) is 0 Å². The van der Waals surface area contributed by atoms with Gasteiger partial charge in [-0.1, -0.05) is 88.4 Å². The maximum atomic E-state index is 13.1. The van der Waals surface area contributed by atoms with Crippen molar-refractivity contribution in [1.29, 1.82) is 0 Å². The number of carboxylic acids is 4. The van der Waals surface area contributed by atoms with Crippen molar-refractivity contribution in [2.24, 2.45) is 34.5 Å². The number of carbonyl (C=O) groups is 4. The van der Waals surface area contributed by atoms with Gasteiger partial charge in [-0.3, -0.25) is 19.2 Å². The number of benzene rings is 2. The first-order chi connectivity index (χ1) is 17.9. The Morgan fingerprint density at radius 1 is 0.579 bits per heavy atom. The first-order valence-electron chi connectivity index (χ1n) is 12.9. The summed E-state index contributed by atoms with van der Waals surface area (Å²) in [4.78, 5) is 52.5. The van der Waals surface area contributed by atoms with Crippen LogP contribution in [0.2, 0.25) is 0 Å². The molecule has 2 aromatic carbocycles. The van der Waals surface area contributed by atoms with Gasteiger partial charge in [0.25, 0.3) is 0 Å². The first kappa shape index (κ1) is 28.9. The summed E-state index contributed by atoms with van der Waals surface area (Å²) in [5.41, 5.74) is -3.59. The smallest absolute Gasteiger partial charge is 0.321 e. The zero-order valence-electron chi connectivity index (χ0n) is 22.1. The van der Waals surface area contributed by atoms with Gasteiger partial charge >= 0.3 is 23.9 Å². The summed E-state index contributed by atoms with van der Waals surface area (Å²) in [7, 11) is 0. The van der Waals surface area contributed by atoms with Crippen LogP contribution in [0, 0.1) is 34.5 Å². The van der Waals surface area contributed by atoms with Crippen LogP contribution in [0.5, 0.6) is 0 Å². The summed E-state index contributed by atoms with van der Waals surface area (Å²) in [5.74, 6) is -12.5. The van der Waals surface area contributed by atoms with Crippen LogP contribution in [0.25, 0.3) is 0 Å². The number of aliphatic carboxylic acids is 4. The predicted octanol–water partition coefficient (Wildman–Crippen LogP) is 5.20. The Morgan fingerprint density at radius 2 is 0.842 bits per heavy atom. The monoisotopic (exact) mass is 524 g/mol. The van der Waals surface area contributed by atoms with E-state index in [2.05, 4.69) is 0 Å². The van der Waals surface area contributed by atoms with E-state index in [9.17, 15) is 39.6 Å². The molecule has 0 heterocycles. The minimum atomic E-state index is -2.45. The number of carboxylic acid groups (broad SMARTS) is 4. The van der Waals surface area contributed by atoms with Crippen molar-refractivity contribution in [1.82, 2.24) is 0 Å². The van der Waals surface area contributed by atoms with Gasteiger partial charge in [0.2, 0.25) is 0 Å². The van der Waals surface area contributed by atoms with Crippen LogP contribution >= 0.6 is 0 Å². The maximum absolute atomic E-state index is 13.1. The average molecular weight is 525 g/mol. The van der Waals surface area contributed by atoms with E-state index in [0.717, 1.165) is 0 Å². The normalized spacial score (nSPS) is 22.3. The van der Waals surface area contributed by atoms with Crippen LogP contribution in [0.3, 0.4) is 0 Å². The third kappa shape index (κ3) is 4.36. The Balaban J connectivity index is 2.55. The lowest BCUT2D eigenvalue weighted by Gasteiger charge is -2.55. The second kappa shape index (κ2) is 11.0. The molecule has 0 radical (unpaired) electrons. The molecule has 1 aliphatic rings. The second-order valence-corrected chi connectivity index (χ2v) is 10.9. The standard InChI is InChI=1S/C30H36O8/c1-17(2)29(25(31)32,26(33)34)23-21(19-11-7-5-8-12-19)15-16-22(20-13-9-6-10-14-20)24(23)30(18(3)4,27(35)36)28(37)38/h5-14,17-18,21-24H,15-16H2,1-4H3,(H,31,32)(H,33,34)(H,35,36)(H,37,38). The number of rotatable bonds is 10. The summed E-state index contributed by atoms with van der Waals surface area (Å²) in [6.45, 7) is 5.97. The number of hydrogen-bond donors (Lipinski definition) is 4. The van der Waals surface area contributed by atoms with Gasteiger partial charge in [0.05, 0.1) is 0 Å². The summed E-state index contributed by atoms with van der Waals surface area (Å²) < 4.78 is 0. The van der Waals surface area contributed by atoms with Gasteiger partial charge in [-0.25, -0.2) is 0 Å². The fourth-order valence-electron chi connectivity index (χ4n) is 7.08. The molecular formula is C30H36O8. The Kier molecular flexibility index (Phi) is 8.34. The molecular weight excluding hydrogens is 488 g/mol. The highest BCUT2D eigenvalue weighted by molar-refractivity contribution is 6.01. The fourth-order valence-corrected chi connectivity index (χ4v) is 7.08. The molecule has 0 aromatic heterocycles. The van der Waals surface area contributed by atoms with E-state index < -0.39 is 70.2 Å². The lowest BCUT2D eigenvalue weighted by atomic mass is 9.44. The zero-order valence-corrected chi connectivity index (χ0v) is 22.1. The number of hydrogen-bond acceptors (Lipinski definition) is 4. The molecule has 1 fully saturated rings. The minimum Gasteiger partial charge on any atom is -0.480 e. The van der Waals surface area contributed by atoms with E-state index in [4.69, 9.17) is 0 Å². The van der Waals surface area contributed by atoms with Gasteiger partial charge in [0.15, 0.2) is 10.8 Å². The molecule has 0 aliphatic heterocycles. The van der Waals surface area contributed by atoms with Crippen molar-refractivity contribution in [2.75, 3.05) is 0 Å². The van der Waals surface area contributed by atoms with Gasteiger partial charge in [0, 0.05) is 0 Å². The van der Waals surface area contributed by atoms with Crippen LogP contribution in [-0.2, 0) is 19.2 Å². The first-order valence-corrected chi connectivity index (χ1v) is 12.9. The van der Waals surface area contributed by atoms with Crippen LogP contribution in [0.15, 0.2) is 60.7 Å². The van der Waals surface area contributed by atoms with Crippen LogP contribution < -0.4 is 0 Å². The van der Waals surface area contributed by atoms with Gasteiger partial charge in [-0.2, -0.15) is 0 Å². The third-order valence-electron chi connectivity index (χ3n) is 8.79. The molecule has 8 heteroatoms. The Bertz CT molecular complexity index is 1050. The molecule has 0 saturated heterocycles. The van der Waals surface area contributed by atoms with Crippen LogP contribution in [-0.4, -0.2) is 44.3 Å². The van der Waals surface area contributed by atoms with Crippen molar-refractivity contribution < 1.29 is 39.6 Å². The maximum Gasteiger partial charge on any atom is 0.321 e. The van der Waals surface area contributed by atoms with Crippen molar-refractivity contribution >= 4 is 23.9 Å². The van der Waals surface area contributed by atoms with E-state index >= 15 is 0 Å². The van der Waals surface area contributed by atoms with E-state index in [1.54, 1.807) is 60.7 Å². The Labute approximate surface area is 222 Å². The average Bonchev–Trinajstić information content (AvgIpc) is 2.85. The fraction of sp³-hybridized carbons (Fsp3) is 0.467. The molecule has 204 valence electrons. The predicted molar refractivity (Wildman–Crippen MR) is 140 cm³/mol. The Hall–Kier alpha value is -3.68. The third-order valence-corrected chi connectivity index (χ3v) is 8.79. The topological polar surface area (TPSA) is 149 Å². The van der Waals surface area contributed by atoms with E-state index in [-0.39, 0.29) is 0 Å². The lowest BCUT2D eigenvalue weighted by Crippen LogP contribution is -2.63. The molecule has 8 nitrogen and oxygen atoms in total. The molecule has 1 saturated carbocycles. The van der Waals surface area contributed by atoms with Gasteiger partial charge < -0.3 is 20.4 Å². The van der Waals surface area contributed by atoms with Gasteiger partial charge in [0.1, 0.15) is 0 Å². The quantitative estimate of drug-likeness (QED) is 0.310. The summed E-state index contributed by atoms with van der Waals surface area (Å²) in [5, 5.41) is 42.6. The van der Waals surface area contributed by atoms with Crippen molar-refractivity contribution in [3.8, 4) is 0 Å². The summed E-state index contributed by atoms with van der Waals surface area (Å²) in [6.07, 6.45) is 0.736.